The standard InChI is InChI=1S/C32H36N8O2/c1-21-13-26(14-29(42-3)22(21)2)39-18-30(34-20-39)36-32-35-28-17-38(16-24-8-6-23(15-33)7-9-24)12-10-27(28)31(37-32)40-11-4-5-25(40)19-41/h6-9,13-14,18,20,25,41H,4-5,10-12,16-17,19H2,1-3H3,(H,35,36,37)/t25-/m0/s1. The van der Waals surface area contributed by atoms with Crippen LogP contribution in [0.15, 0.2) is 48.9 Å². The number of nitrogens with zero attached hydrogens (tertiary/aromatic N) is 7. The molecule has 6 rings (SSSR count). The summed E-state index contributed by atoms with van der Waals surface area (Å²) in [5.41, 5.74) is 7.20. The van der Waals surface area contributed by atoms with Crippen LogP contribution in [0.1, 0.15) is 46.4 Å². The molecular formula is C32H36N8O2. The molecule has 0 saturated carbocycles. The Kier molecular flexibility index (Phi) is 7.78. The average molecular weight is 565 g/mol. The van der Waals surface area contributed by atoms with Crippen LogP contribution in [0.5, 0.6) is 5.75 Å². The molecule has 42 heavy (non-hydrogen) atoms. The number of aliphatic hydroxyl groups excluding tert-OH is 1. The first-order chi connectivity index (χ1) is 20.4. The van der Waals surface area contributed by atoms with Crippen molar-refractivity contribution in [3.05, 3.63) is 82.4 Å². The SMILES string of the molecule is COc1cc(-n2cnc(Nc3nc4c(c(N5CCC[C@H]5CO)n3)CCN(Cc3ccc(C#N)cc3)C4)c2)cc(C)c1C. The summed E-state index contributed by atoms with van der Waals surface area (Å²) in [5, 5.41) is 22.6. The minimum atomic E-state index is 0.0625. The number of hydrogen-bond acceptors (Lipinski definition) is 9. The monoisotopic (exact) mass is 564 g/mol. The van der Waals surface area contributed by atoms with E-state index in [0.717, 1.165) is 78.5 Å². The van der Waals surface area contributed by atoms with E-state index in [0.29, 0.717) is 23.9 Å². The molecule has 1 saturated heterocycles. The van der Waals surface area contributed by atoms with Crippen LogP contribution in [0.2, 0.25) is 0 Å². The Morgan fingerprint density at radius 2 is 1.98 bits per heavy atom. The van der Waals surface area contributed by atoms with Crippen LogP contribution in [-0.4, -0.2) is 62.4 Å². The van der Waals surface area contributed by atoms with Crippen molar-refractivity contribution in [1.82, 2.24) is 24.4 Å². The number of fused-ring (bicyclic) bond motifs is 1. The Balaban J connectivity index is 1.29. The molecule has 2 N–H and O–H groups in total. The lowest BCUT2D eigenvalue weighted by molar-refractivity contribution is 0.240. The number of aliphatic hydroxyl groups is 1. The normalized spacial score (nSPS) is 16.7. The maximum absolute atomic E-state index is 10.1. The summed E-state index contributed by atoms with van der Waals surface area (Å²) in [4.78, 5) is 19.2. The molecule has 10 nitrogen and oxygen atoms in total. The van der Waals surface area contributed by atoms with E-state index in [2.05, 4.69) is 46.1 Å². The Bertz CT molecular complexity index is 1620. The number of aromatic nitrogens is 4. The molecule has 4 heterocycles. The number of rotatable bonds is 8. The summed E-state index contributed by atoms with van der Waals surface area (Å²) >= 11 is 0. The van der Waals surface area contributed by atoms with Gasteiger partial charge in [-0.25, -0.2) is 9.97 Å². The van der Waals surface area contributed by atoms with Gasteiger partial charge in [0, 0.05) is 37.8 Å². The molecule has 0 spiro atoms. The zero-order valence-corrected chi connectivity index (χ0v) is 24.3. The maximum Gasteiger partial charge on any atom is 0.230 e. The second kappa shape index (κ2) is 11.8. The molecule has 1 atom stereocenters. The molecule has 1 fully saturated rings. The van der Waals surface area contributed by atoms with Crippen molar-refractivity contribution < 1.29 is 9.84 Å². The molecular weight excluding hydrogens is 528 g/mol. The van der Waals surface area contributed by atoms with E-state index in [4.69, 9.17) is 20.0 Å². The van der Waals surface area contributed by atoms with Gasteiger partial charge in [-0.3, -0.25) is 4.90 Å². The van der Waals surface area contributed by atoms with Gasteiger partial charge in [-0.2, -0.15) is 10.2 Å². The minimum absolute atomic E-state index is 0.0625. The molecule has 10 heteroatoms. The lowest BCUT2D eigenvalue weighted by Crippen LogP contribution is -2.37. The Hall–Kier alpha value is -4.46. The van der Waals surface area contributed by atoms with Gasteiger partial charge in [-0.05, 0) is 68.0 Å². The van der Waals surface area contributed by atoms with E-state index in [1.165, 1.54) is 5.56 Å². The fourth-order valence-corrected chi connectivity index (χ4v) is 5.95. The van der Waals surface area contributed by atoms with Crippen molar-refractivity contribution in [2.75, 3.05) is 37.0 Å². The molecule has 0 unspecified atom stereocenters. The summed E-state index contributed by atoms with van der Waals surface area (Å²) in [6, 6.07) is 14.1. The number of aryl methyl sites for hydroxylation is 1. The van der Waals surface area contributed by atoms with Gasteiger partial charge in [0.05, 0.1) is 49.0 Å². The van der Waals surface area contributed by atoms with E-state index in [1.807, 2.05) is 41.1 Å². The van der Waals surface area contributed by atoms with Crippen LogP contribution in [0.4, 0.5) is 17.6 Å². The smallest absolute Gasteiger partial charge is 0.230 e. The van der Waals surface area contributed by atoms with Crippen LogP contribution in [-0.2, 0) is 19.5 Å². The number of benzene rings is 2. The number of anilines is 3. The van der Waals surface area contributed by atoms with Crippen molar-refractivity contribution in [2.24, 2.45) is 0 Å². The highest BCUT2D eigenvalue weighted by atomic mass is 16.5. The number of methoxy groups -OCH3 is 1. The van der Waals surface area contributed by atoms with Gasteiger partial charge in [0.25, 0.3) is 0 Å². The first-order valence-corrected chi connectivity index (χ1v) is 14.4. The quantitative estimate of drug-likeness (QED) is 0.321. The number of ether oxygens (including phenoxy) is 1. The molecule has 2 aliphatic heterocycles. The summed E-state index contributed by atoms with van der Waals surface area (Å²) in [6.45, 7) is 7.45. The highest BCUT2D eigenvalue weighted by molar-refractivity contribution is 5.58. The molecule has 2 aromatic carbocycles. The van der Waals surface area contributed by atoms with Crippen LogP contribution in [0.25, 0.3) is 5.69 Å². The van der Waals surface area contributed by atoms with Crippen LogP contribution in [0, 0.1) is 25.2 Å². The molecule has 4 aromatic rings. The van der Waals surface area contributed by atoms with Gasteiger partial charge in [0.15, 0.2) is 5.82 Å². The summed E-state index contributed by atoms with van der Waals surface area (Å²) in [7, 11) is 1.69. The Labute approximate surface area is 246 Å². The van der Waals surface area contributed by atoms with Crippen molar-refractivity contribution in [2.45, 2.75) is 52.2 Å². The number of nitriles is 1. The molecule has 0 bridgehead atoms. The number of imidazole rings is 1. The zero-order valence-electron chi connectivity index (χ0n) is 24.3. The van der Waals surface area contributed by atoms with Gasteiger partial charge < -0.3 is 24.6 Å². The van der Waals surface area contributed by atoms with Crippen LogP contribution in [0.3, 0.4) is 0 Å². The third-order valence-electron chi connectivity index (χ3n) is 8.42. The van der Waals surface area contributed by atoms with Crippen molar-refractivity contribution in [3.8, 4) is 17.5 Å². The van der Waals surface area contributed by atoms with Crippen LogP contribution < -0.4 is 15.0 Å². The molecule has 216 valence electrons. The fraction of sp³-hybridized carbons (Fsp3) is 0.375. The van der Waals surface area contributed by atoms with E-state index >= 15 is 0 Å². The molecule has 2 aromatic heterocycles. The highest BCUT2D eigenvalue weighted by Gasteiger charge is 2.31. The Morgan fingerprint density at radius 1 is 1.14 bits per heavy atom. The van der Waals surface area contributed by atoms with Crippen molar-refractivity contribution >= 4 is 17.6 Å². The van der Waals surface area contributed by atoms with E-state index < -0.39 is 0 Å². The topological polar surface area (TPSA) is 115 Å². The van der Waals surface area contributed by atoms with Crippen molar-refractivity contribution in [1.29, 1.82) is 5.26 Å². The number of nitrogens with one attached hydrogen (secondary N) is 1. The lowest BCUT2D eigenvalue weighted by Gasteiger charge is -2.33. The summed E-state index contributed by atoms with van der Waals surface area (Å²) in [5.74, 6) is 2.89. The third-order valence-corrected chi connectivity index (χ3v) is 8.42. The second-order valence-corrected chi connectivity index (χ2v) is 11.1. The van der Waals surface area contributed by atoms with Crippen LogP contribution >= 0.6 is 0 Å². The molecule has 0 radical (unpaired) electrons. The summed E-state index contributed by atoms with van der Waals surface area (Å²) < 4.78 is 7.53. The minimum Gasteiger partial charge on any atom is -0.496 e. The number of hydrogen-bond donors (Lipinski definition) is 2. The molecule has 0 aliphatic carbocycles. The van der Waals surface area contributed by atoms with Gasteiger partial charge in [-0.1, -0.05) is 12.1 Å². The van der Waals surface area contributed by atoms with Gasteiger partial charge in [0.1, 0.15) is 17.9 Å². The molecule has 0 amide bonds. The molecule has 2 aliphatic rings. The average Bonchev–Trinajstić information content (AvgIpc) is 3.68. The van der Waals surface area contributed by atoms with Gasteiger partial charge in [-0.15, -0.1) is 0 Å². The zero-order chi connectivity index (χ0) is 29.2. The van der Waals surface area contributed by atoms with E-state index in [-0.39, 0.29) is 12.6 Å². The highest BCUT2D eigenvalue weighted by Crippen LogP contribution is 2.33. The lowest BCUT2D eigenvalue weighted by atomic mass is 10.0. The van der Waals surface area contributed by atoms with E-state index in [9.17, 15) is 5.11 Å². The van der Waals surface area contributed by atoms with Crippen molar-refractivity contribution in [3.63, 3.8) is 0 Å². The Morgan fingerprint density at radius 3 is 2.74 bits per heavy atom. The van der Waals surface area contributed by atoms with E-state index in [1.54, 1.807) is 13.4 Å². The second-order valence-electron chi connectivity index (χ2n) is 11.1. The van der Waals surface area contributed by atoms with Gasteiger partial charge >= 0.3 is 0 Å². The van der Waals surface area contributed by atoms with Gasteiger partial charge in [0.2, 0.25) is 5.95 Å². The fourth-order valence-electron chi connectivity index (χ4n) is 5.95. The summed E-state index contributed by atoms with van der Waals surface area (Å²) in [6.07, 6.45) is 6.51. The predicted molar refractivity (Wildman–Crippen MR) is 161 cm³/mol. The maximum atomic E-state index is 10.1. The first kappa shape index (κ1) is 27.7. The largest absolute Gasteiger partial charge is 0.496 e. The third kappa shape index (κ3) is 5.53. The predicted octanol–water partition coefficient (Wildman–Crippen LogP) is 4.42. The first-order valence-electron chi connectivity index (χ1n) is 14.4.